The van der Waals surface area contributed by atoms with Crippen LogP contribution in [0.3, 0.4) is 0 Å². The molecule has 0 aliphatic carbocycles. The summed E-state index contributed by atoms with van der Waals surface area (Å²) in [6.07, 6.45) is 2.58. The highest BCUT2D eigenvalue weighted by molar-refractivity contribution is 5.93. The molecule has 0 aliphatic rings. The Bertz CT molecular complexity index is 1260. The maximum absolute atomic E-state index is 13.7. The predicted octanol–water partition coefficient (Wildman–Crippen LogP) is 3.90. The van der Waals surface area contributed by atoms with Crippen molar-refractivity contribution in [3.05, 3.63) is 58.9 Å². The first kappa shape index (κ1) is 20.8. The van der Waals surface area contributed by atoms with Crippen molar-refractivity contribution in [2.45, 2.75) is 46.7 Å². The van der Waals surface area contributed by atoms with Crippen LogP contribution in [0.5, 0.6) is 0 Å². The first-order chi connectivity index (χ1) is 14.8. The van der Waals surface area contributed by atoms with Crippen LogP contribution >= 0.6 is 0 Å². The lowest BCUT2D eigenvalue weighted by atomic mass is 10.1. The van der Waals surface area contributed by atoms with Gasteiger partial charge in [0.2, 0.25) is 0 Å². The van der Waals surface area contributed by atoms with E-state index in [1.807, 2.05) is 50.2 Å². The van der Waals surface area contributed by atoms with E-state index in [2.05, 4.69) is 20.6 Å². The molecule has 3 heterocycles. The van der Waals surface area contributed by atoms with E-state index in [0.717, 1.165) is 40.0 Å². The molecule has 0 unspecified atom stereocenters. The zero-order valence-corrected chi connectivity index (χ0v) is 18.5. The number of amides is 1. The first-order valence-electron chi connectivity index (χ1n) is 10.4. The number of H-pyrrole nitrogens is 1. The second-order valence-corrected chi connectivity index (χ2v) is 8.03. The maximum Gasteiger partial charge on any atom is 0.269 e. The van der Waals surface area contributed by atoms with Crippen molar-refractivity contribution in [2.75, 3.05) is 0 Å². The second kappa shape index (κ2) is 8.02. The van der Waals surface area contributed by atoms with Gasteiger partial charge < -0.3 is 9.88 Å². The fraction of sp³-hybridized carbons (Fsp3) is 0.348. The smallest absolute Gasteiger partial charge is 0.269 e. The highest BCUT2D eigenvalue weighted by atomic mass is 19.1. The molecule has 0 saturated carbocycles. The average molecular weight is 423 g/mol. The molecular formula is C23H27FN6O. The number of hydrogen-bond donors (Lipinski definition) is 2. The van der Waals surface area contributed by atoms with Gasteiger partial charge in [-0.2, -0.15) is 10.2 Å². The summed E-state index contributed by atoms with van der Waals surface area (Å²) in [6.45, 7) is 8.70. The van der Waals surface area contributed by atoms with Crippen molar-refractivity contribution >= 4 is 16.8 Å². The molecular weight excluding hydrogens is 395 g/mol. The van der Waals surface area contributed by atoms with E-state index in [9.17, 15) is 9.18 Å². The number of rotatable bonds is 6. The topological polar surface area (TPSA) is 80.5 Å². The van der Waals surface area contributed by atoms with Crippen molar-refractivity contribution in [1.29, 1.82) is 0 Å². The van der Waals surface area contributed by atoms with E-state index in [-0.39, 0.29) is 17.8 Å². The number of aromatic nitrogens is 5. The van der Waals surface area contributed by atoms with Gasteiger partial charge in [-0.1, -0.05) is 0 Å². The average Bonchev–Trinajstić information content (AvgIpc) is 3.38. The molecule has 0 spiro atoms. The number of fused-ring (bicyclic) bond motifs is 1. The van der Waals surface area contributed by atoms with Gasteiger partial charge in [-0.3, -0.25) is 14.6 Å². The predicted molar refractivity (Wildman–Crippen MR) is 118 cm³/mol. The Morgan fingerprint density at radius 3 is 2.77 bits per heavy atom. The van der Waals surface area contributed by atoms with Crippen LogP contribution in [0.1, 0.15) is 41.3 Å². The lowest BCUT2D eigenvalue weighted by Gasteiger charge is -2.12. The molecule has 0 bridgehead atoms. The Labute approximate surface area is 180 Å². The molecule has 2 N–H and O–H groups in total. The molecule has 0 fully saturated rings. The molecule has 31 heavy (non-hydrogen) atoms. The third kappa shape index (κ3) is 3.85. The molecule has 7 nitrogen and oxygen atoms in total. The Morgan fingerprint density at radius 1 is 1.29 bits per heavy atom. The highest BCUT2D eigenvalue weighted by Crippen LogP contribution is 2.26. The summed E-state index contributed by atoms with van der Waals surface area (Å²) in [5.74, 6) is -0.491. The van der Waals surface area contributed by atoms with E-state index >= 15 is 0 Å². The van der Waals surface area contributed by atoms with Gasteiger partial charge in [-0.25, -0.2) is 4.39 Å². The molecule has 1 atom stereocenters. The summed E-state index contributed by atoms with van der Waals surface area (Å²) >= 11 is 0. The molecule has 0 aliphatic heterocycles. The molecule has 8 heteroatoms. The van der Waals surface area contributed by atoms with Crippen LogP contribution in [-0.2, 0) is 20.0 Å². The minimum absolute atomic E-state index is 0.139. The summed E-state index contributed by atoms with van der Waals surface area (Å²) in [5, 5.41) is 15.6. The Morgan fingerprint density at radius 2 is 2.06 bits per heavy atom. The number of nitrogens with one attached hydrogen (secondary N) is 2. The lowest BCUT2D eigenvalue weighted by molar-refractivity contribution is 0.0935. The van der Waals surface area contributed by atoms with Crippen molar-refractivity contribution in [3.8, 4) is 11.3 Å². The number of carbonyl (C=O) groups excluding carboxylic acids is 1. The van der Waals surface area contributed by atoms with Crippen LogP contribution in [-0.4, -0.2) is 36.5 Å². The number of benzene rings is 1. The quantitative estimate of drug-likeness (QED) is 0.495. The Hall–Kier alpha value is -3.42. The van der Waals surface area contributed by atoms with E-state index in [4.69, 9.17) is 0 Å². The van der Waals surface area contributed by atoms with Gasteiger partial charge >= 0.3 is 0 Å². The standard InChI is InChI=1S/C23H27FN6O/c1-6-30-15(4)22(14(3)28-30)19-11-20(27-26-19)23(31)25-13(2)9-16-12-29(5)21-8-7-17(24)10-18(16)21/h7-8,10-13H,6,9H2,1-5H3,(H,25,31)(H,26,27)/t13-/m0/s1. The molecule has 3 aromatic heterocycles. The van der Waals surface area contributed by atoms with E-state index < -0.39 is 0 Å². The fourth-order valence-electron chi connectivity index (χ4n) is 4.23. The summed E-state index contributed by atoms with van der Waals surface area (Å²) in [4.78, 5) is 12.8. The minimum atomic E-state index is -0.265. The van der Waals surface area contributed by atoms with Gasteiger partial charge in [0.15, 0.2) is 0 Å². The SMILES string of the molecule is CCn1nc(C)c(-c2cc(C(=O)N[C@@H](C)Cc3cn(C)c4ccc(F)cc34)[nH]n2)c1C. The Kier molecular flexibility index (Phi) is 5.39. The van der Waals surface area contributed by atoms with Gasteiger partial charge in [0.1, 0.15) is 11.5 Å². The van der Waals surface area contributed by atoms with E-state index in [0.29, 0.717) is 17.8 Å². The van der Waals surface area contributed by atoms with Gasteiger partial charge in [0.25, 0.3) is 5.91 Å². The van der Waals surface area contributed by atoms with Crippen LogP contribution in [0.15, 0.2) is 30.5 Å². The number of nitrogens with zero attached hydrogens (tertiary/aromatic N) is 4. The zero-order valence-electron chi connectivity index (χ0n) is 18.5. The third-order valence-electron chi connectivity index (χ3n) is 5.70. The minimum Gasteiger partial charge on any atom is -0.350 e. The summed E-state index contributed by atoms with van der Waals surface area (Å²) in [7, 11) is 1.93. The van der Waals surface area contributed by atoms with E-state index in [1.54, 1.807) is 18.2 Å². The molecule has 162 valence electrons. The van der Waals surface area contributed by atoms with E-state index in [1.165, 1.54) is 6.07 Å². The number of carbonyl (C=O) groups is 1. The fourth-order valence-corrected chi connectivity index (χ4v) is 4.23. The Balaban J connectivity index is 1.50. The number of hydrogen-bond acceptors (Lipinski definition) is 3. The molecule has 1 amide bonds. The molecule has 1 aromatic carbocycles. The number of aromatic amines is 1. The van der Waals surface area contributed by atoms with Crippen molar-refractivity contribution < 1.29 is 9.18 Å². The van der Waals surface area contributed by atoms with Crippen LogP contribution in [0.4, 0.5) is 4.39 Å². The number of aryl methyl sites for hydroxylation is 3. The van der Waals surface area contributed by atoms with Gasteiger partial charge in [-0.05, 0) is 63.9 Å². The normalized spacial score (nSPS) is 12.5. The van der Waals surface area contributed by atoms with Crippen molar-refractivity contribution in [3.63, 3.8) is 0 Å². The molecule has 0 radical (unpaired) electrons. The van der Waals surface area contributed by atoms with Gasteiger partial charge in [-0.15, -0.1) is 0 Å². The van der Waals surface area contributed by atoms with Crippen LogP contribution < -0.4 is 5.32 Å². The van der Waals surface area contributed by atoms with Crippen LogP contribution in [0.25, 0.3) is 22.2 Å². The monoisotopic (exact) mass is 422 g/mol. The van der Waals surface area contributed by atoms with Crippen molar-refractivity contribution in [2.24, 2.45) is 7.05 Å². The largest absolute Gasteiger partial charge is 0.350 e. The second-order valence-electron chi connectivity index (χ2n) is 8.03. The first-order valence-corrected chi connectivity index (χ1v) is 10.4. The van der Waals surface area contributed by atoms with Crippen LogP contribution in [0.2, 0.25) is 0 Å². The lowest BCUT2D eigenvalue weighted by Crippen LogP contribution is -2.34. The molecule has 4 rings (SSSR count). The van der Waals surface area contributed by atoms with Crippen LogP contribution in [0, 0.1) is 19.7 Å². The summed E-state index contributed by atoms with van der Waals surface area (Å²) in [5.41, 5.74) is 5.91. The third-order valence-corrected chi connectivity index (χ3v) is 5.70. The summed E-state index contributed by atoms with van der Waals surface area (Å²) < 4.78 is 17.6. The van der Waals surface area contributed by atoms with Gasteiger partial charge in [0.05, 0.1) is 11.4 Å². The molecule has 4 aromatic rings. The maximum atomic E-state index is 13.7. The zero-order chi connectivity index (χ0) is 22.3. The van der Waals surface area contributed by atoms with Crippen molar-refractivity contribution in [1.82, 2.24) is 29.9 Å². The number of halogens is 1. The highest BCUT2D eigenvalue weighted by Gasteiger charge is 2.19. The molecule has 0 saturated heterocycles. The summed E-state index contributed by atoms with van der Waals surface area (Å²) in [6, 6.07) is 6.39. The van der Waals surface area contributed by atoms with Gasteiger partial charge in [0, 0.05) is 48.0 Å².